The number of morpholine rings is 1. The van der Waals surface area contributed by atoms with Crippen LogP contribution in [0.4, 0.5) is 0 Å². The fourth-order valence-electron chi connectivity index (χ4n) is 3.40. The van der Waals surface area contributed by atoms with Crippen LogP contribution in [0.5, 0.6) is 0 Å². The van der Waals surface area contributed by atoms with Crippen LogP contribution in [-0.2, 0) is 4.74 Å². The van der Waals surface area contributed by atoms with Crippen LogP contribution in [0.15, 0.2) is 11.6 Å². The SMILES string of the molecule is CCCN1CCOC(C(NN)C2=CCCCCCC2)C1. The van der Waals surface area contributed by atoms with E-state index in [2.05, 4.69) is 23.3 Å². The molecule has 0 saturated carbocycles. The Bertz CT molecular complexity index is 304. The predicted molar refractivity (Wildman–Crippen MR) is 83.4 cm³/mol. The standard InChI is InChI=1S/C16H31N3O/c1-2-10-19-11-12-20-15(13-19)16(18-17)14-8-6-4-3-5-7-9-14/h8,15-16,18H,2-7,9-13,17H2,1H3. The monoisotopic (exact) mass is 281 g/mol. The zero-order chi connectivity index (χ0) is 14.2. The Morgan fingerprint density at radius 2 is 2.25 bits per heavy atom. The highest BCUT2D eigenvalue weighted by atomic mass is 16.5. The fourth-order valence-corrected chi connectivity index (χ4v) is 3.40. The van der Waals surface area contributed by atoms with Gasteiger partial charge in [-0.15, -0.1) is 0 Å². The molecule has 0 aromatic rings. The van der Waals surface area contributed by atoms with Crippen molar-refractivity contribution < 1.29 is 4.74 Å². The lowest BCUT2D eigenvalue weighted by molar-refractivity contribution is -0.0409. The van der Waals surface area contributed by atoms with E-state index in [1.165, 1.54) is 50.5 Å². The summed E-state index contributed by atoms with van der Waals surface area (Å²) in [5.41, 5.74) is 4.50. The molecule has 2 atom stereocenters. The van der Waals surface area contributed by atoms with E-state index in [0.717, 1.165) is 26.2 Å². The zero-order valence-electron chi connectivity index (χ0n) is 12.9. The lowest BCUT2D eigenvalue weighted by atomic mass is 9.92. The molecule has 4 nitrogen and oxygen atoms in total. The molecule has 1 heterocycles. The molecule has 1 fully saturated rings. The molecule has 0 amide bonds. The topological polar surface area (TPSA) is 50.5 Å². The number of nitrogens with zero attached hydrogens (tertiary/aromatic N) is 1. The van der Waals surface area contributed by atoms with Gasteiger partial charge in [-0.25, -0.2) is 0 Å². The van der Waals surface area contributed by atoms with Gasteiger partial charge in [0.25, 0.3) is 0 Å². The molecule has 0 bridgehead atoms. The molecule has 2 rings (SSSR count). The lowest BCUT2D eigenvalue weighted by Crippen LogP contribution is -2.54. The minimum Gasteiger partial charge on any atom is -0.374 e. The summed E-state index contributed by atoms with van der Waals surface area (Å²) in [6.07, 6.45) is 11.5. The second-order valence-electron chi connectivity index (χ2n) is 6.09. The summed E-state index contributed by atoms with van der Waals surface area (Å²) in [7, 11) is 0. The maximum Gasteiger partial charge on any atom is 0.0906 e. The van der Waals surface area contributed by atoms with Crippen molar-refractivity contribution >= 4 is 0 Å². The molecule has 1 aliphatic carbocycles. The van der Waals surface area contributed by atoms with E-state index in [9.17, 15) is 0 Å². The van der Waals surface area contributed by atoms with Crippen LogP contribution in [0.1, 0.15) is 51.9 Å². The minimum atomic E-state index is 0.188. The summed E-state index contributed by atoms with van der Waals surface area (Å²) >= 11 is 0. The third-order valence-electron chi connectivity index (χ3n) is 4.49. The van der Waals surface area contributed by atoms with Gasteiger partial charge in [-0.05, 0) is 38.6 Å². The van der Waals surface area contributed by atoms with Gasteiger partial charge in [0.2, 0.25) is 0 Å². The Hall–Kier alpha value is -0.420. The molecule has 1 saturated heterocycles. The highest BCUT2D eigenvalue weighted by molar-refractivity contribution is 5.14. The largest absolute Gasteiger partial charge is 0.374 e. The van der Waals surface area contributed by atoms with Gasteiger partial charge in [0.05, 0.1) is 18.8 Å². The van der Waals surface area contributed by atoms with Gasteiger partial charge < -0.3 is 4.74 Å². The Kier molecular flexibility index (Phi) is 7.00. The predicted octanol–water partition coefficient (Wildman–Crippen LogP) is 2.21. The summed E-state index contributed by atoms with van der Waals surface area (Å²) in [5.74, 6) is 5.85. The molecular weight excluding hydrogens is 250 g/mol. The van der Waals surface area contributed by atoms with Crippen molar-refractivity contribution in [2.45, 2.75) is 64.0 Å². The van der Waals surface area contributed by atoms with Crippen molar-refractivity contribution in [3.8, 4) is 0 Å². The number of hydrazine groups is 1. The third-order valence-corrected chi connectivity index (χ3v) is 4.49. The summed E-state index contributed by atoms with van der Waals surface area (Å²) in [4.78, 5) is 2.50. The molecule has 116 valence electrons. The first kappa shape index (κ1) is 16.0. The van der Waals surface area contributed by atoms with Crippen LogP contribution in [0.3, 0.4) is 0 Å². The Morgan fingerprint density at radius 1 is 1.40 bits per heavy atom. The molecule has 2 unspecified atom stereocenters. The highest BCUT2D eigenvalue weighted by Gasteiger charge is 2.29. The summed E-state index contributed by atoms with van der Waals surface area (Å²) in [6.45, 7) is 6.29. The Balaban J connectivity index is 1.98. The smallest absolute Gasteiger partial charge is 0.0906 e. The van der Waals surface area contributed by atoms with Gasteiger partial charge >= 0.3 is 0 Å². The molecule has 0 aromatic heterocycles. The molecule has 0 spiro atoms. The number of hydrogen-bond acceptors (Lipinski definition) is 4. The van der Waals surface area contributed by atoms with E-state index in [1.54, 1.807) is 0 Å². The van der Waals surface area contributed by atoms with Crippen molar-refractivity contribution in [3.05, 3.63) is 11.6 Å². The molecule has 4 heteroatoms. The average Bonchev–Trinajstić information content (AvgIpc) is 2.42. The van der Waals surface area contributed by atoms with Crippen LogP contribution in [0.2, 0.25) is 0 Å². The summed E-state index contributed by atoms with van der Waals surface area (Å²) < 4.78 is 6.01. The maximum atomic E-state index is 6.01. The van der Waals surface area contributed by atoms with Crippen molar-refractivity contribution in [2.75, 3.05) is 26.2 Å². The second-order valence-corrected chi connectivity index (χ2v) is 6.09. The number of ether oxygens (including phenoxy) is 1. The maximum absolute atomic E-state index is 6.01. The normalized spacial score (nSPS) is 27.5. The second kappa shape index (κ2) is 8.78. The van der Waals surface area contributed by atoms with Gasteiger partial charge in [0, 0.05) is 13.1 Å². The number of allylic oxidation sites excluding steroid dienone is 1. The molecule has 3 N–H and O–H groups in total. The molecule has 2 aliphatic rings. The van der Waals surface area contributed by atoms with Gasteiger partial charge in [-0.2, -0.15) is 0 Å². The van der Waals surface area contributed by atoms with Crippen molar-refractivity contribution in [1.29, 1.82) is 0 Å². The first-order chi connectivity index (χ1) is 9.85. The molecule has 1 aliphatic heterocycles. The number of rotatable bonds is 5. The minimum absolute atomic E-state index is 0.188. The van der Waals surface area contributed by atoms with Crippen molar-refractivity contribution in [3.63, 3.8) is 0 Å². The van der Waals surface area contributed by atoms with Gasteiger partial charge in [-0.1, -0.05) is 31.4 Å². The first-order valence-electron chi connectivity index (χ1n) is 8.34. The number of hydrogen-bond donors (Lipinski definition) is 2. The first-order valence-corrected chi connectivity index (χ1v) is 8.34. The van der Waals surface area contributed by atoms with E-state index >= 15 is 0 Å². The molecule has 0 radical (unpaired) electrons. The zero-order valence-corrected chi connectivity index (χ0v) is 12.9. The van der Waals surface area contributed by atoms with E-state index in [-0.39, 0.29) is 12.1 Å². The van der Waals surface area contributed by atoms with Crippen LogP contribution in [0, 0.1) is 0 Å². The van der Waals surface area contributed by atoms with Crippen LogP contribution < -0.4 is 11.3 Å². The van der Waals surface area contributed by atoms with Crippen molar-refractivity contribution in [1.82, 2.24) is 10.3 Å². The van der Waals surface area contributed by atoms with E-state index in [0.29, 0.717) is 0 Å². The van der Waals surface area contributed by atoms with Crippen LogP contribution >= 0.6 is 0 Å². The van der Waals surface area contributed by atoms with E-state index < -0.39 is 0 Å². The van der Waals surface area contributed by atoms with E-state index in [4.69, 9.17) is 10.6 Å². The lowest BCUT2D eigenvalue weighted by Gasteiger charge is -2.38. The number of nitrogens with one attached hydrogen (secondary N) is 1. The number of nitrogens with two attached hydrogens (primary N) is 1. The van der Waals surface area contributed by atoms with Crippen LogP contribution in [0.25, 0.3) is 0 Å². The molecule has 0 aromatic carbocycles. The molecular formula is C16H31N3O. The Morgan fingerprint density at radius 3 is 3.05 bits per heavy atom. The van der Waals surface area contributed by atoms with Gasteiger partial charge in [0.1, 0.15) is 0 Å². The summed E-state index contributed by atoms with van der Waals surface area (Å²) in [5, 5.41) is 0. The van der Waals surface area contributed by atoms with Crippen molar-refractivity contribution in [2.24, 2.45) is 5.84 Å². The highest BCUT2D eigenvalue weighted by Crippen LogP contribution is 2.23. The van der Waals surface area contributed by atoms with Crippen LogP contribution in [-0.4, -0.2) is 43.3 Å². The fraction of sp³-hybridized carbons (Fsp3) is 0.875. The quantitative estimate of drug-likeness (QED) is 0.461. The van der Waals surface area contributed by atoms with Gasteiger partial charge in [0.15, 0.2) is 0 Å². The average molecular weight is 281 g/mol. The van der Waals surface area contributed by atoms with E-state index in [1.807, 2.05) is 0 Å². The Labute approximate surface area is 123 Å². The third kappa shape index (κ3) is 4.55. The van der Waals surface area contributed by atoms with Gasteiger partial charge in [-0.3, -0.25) is 16.2 Å². The summed E-state index contributed by atoms with van der Waals surface area (Å²) in [6, 6.07) is 0.188. The molecule has 20 heavy (non-hydrogen) atoms.